The van der Waals surface area contributed by atoms with Gasteiger partial charge in [0.2, 0.25) is 5.91 Å². The molecule has 7 nitrogen and oxygen atoms in total. The maximum atomic E-state index is 14.4. The molecule has 3 aromatic heterocycles. The average Bonchev–Trinajstić information content (AvgIpc) is 3.07. The zero-order valence-corrected chi connectivity index (χ0v) is 25.1. The highest BCUT2D eigenvalue weighted by molar-refractivity contribution is 6.05. The van der Waals surface area contributed by atoms with Crippen molar-refractivity contribution in [2.45, 2.75) is 50.9 Å². The molecule has 45 heavy (non-hydrogen) atoms. The molecule has 2 aliphatic rings. The molecule has 0 bridgehead atoms. The quantitative estimate of drug-likeness (QED) is 0.211. The van der Waals surface area contributed by atoms with Crippen LogP contribution >= 0.6 is 0 Å². The third-order valence-corrected chi connectivity index (χ3v) is 9.75. The van der Waals surface area contributed by atoms with E-state index in [-0.39, 0.29) is 24.3 Å². The van der Waals surface area contributed by atoms with Crippen LogP contribution in [0.4, 0.5) is 13.2 Å². The van der Waals surface area contributed by atoms with E-state index in [1.807, 2.05) is 60.5 Å². The Hall–Kier alpha value is -4.31. The number of halogens is 3. The zero-order valence-electron chi connectivity index (χ0n) is 25.1. The van der Waals surface area contributed by atoms with Crippen LogP contribution in [0.15, 0.2) is 77.9 Å². The summed E-state index contributed by atoms with van der Waals surface area (Å²) in [6, 6.07) is 18.9. The zero-order chi connectivity index (χ0) is 31.3. The second kappa shape index (κ2) is 11.2. The number of aromatic nitrogens is 3. The van der Waals surface area contributed by atoms with Gasteiger partial charge in [0.15, 0.2) is 0 Å². The van der Waals surface area contributed by atoms with Crippen molar-refractivity contribution < 1.29 is 18.0 Å². The van der Waals surface area contributed by atoms with Gasteiger partial charge in [-0.2, -0.15) is 13.2 Å². The van der Waals surface area contributed by atoms with Gasteiger partial charge in [-0.1, -0.05) is 31.2 Å². The molecule has 1 saturated heterocycles. The van der Waals surface area contributed by atoms with Crippen LogP contribution in [-0.4, -0.2) is 62.6 Å². The summed E-state index contributed by atoms with van der Waals surface area (Å²) >= 11 is 0. The van der Waals surface area contributed by atoms with E-state index in [1.54, 1.807) is 21.7 Å². The molecule has 0 spiro atoms. The summed E-state index contributed by atoms with van der Waals surface area (Å²) in [5.74, 6) is -1.52. The lowest BCUT2D eigenvalue weighted by atomic mass is 9.78. The Bertz CT molecular complexity index is 1980. The molecular weight excluding hydrogens is 579 g/mol. The Morgan fingerprint density at radius 3 is 2.47 bits per heavy atom. The number of rotatable bonds is 4. The van der Waals surface area contributed by atoms with Gasteiger partial charge in [0.25, 0.3) is 5.56 Å². The first-order valence-electron chi connectivity index (χ1n) is 15.6. The lowest BCUT2D eigenvalue weighted by Gasteiger charge is -2.52. The number of pyridine rings is 3. The number of hydrogen-bond donors (Lipinski definition) is 0. The van der Waals surface area contributed by atoms with Crippen molar-refractivity contribution in [3.63, 3.8) is 0 Å². The maximum Gasteiger partial charge on any atom is 0.391 e. The van der Waals surface area contributed by atoms with Crippen molar-refractivity contribution in [2.75, 3.05) is 26.2 Å². The van der Waals surface area contributed by atoms with E-state index in [9.17, 15) is 22.8 Å². The molecule has 5 aromatic rings. The Morgan fingerprint density at radius 2 is 1.69 bits per heavy atom. The third-order valence-electron chi connectivity index (χ3n) is 9.75. The van der Waals surface area contributed by atoms with Gasteiger partial charge in [0.05, 0.1) is 22.5 Å². The monoisotopic (exact) mass is 613 g/mol. The van der Waals surface area contributed by atoms with Gasteiger partial charge >= 0.3 is 6.18 Å². The van der Waals surface area contributed by atoms with Crippen molar-refractivity contribution in [1.29, 1.82) is 0 Å². The largest absolute Gasteiger partial charge is 0.391 e. The van der Waals surface area contributed by atoms with Crippen LogP contribution in [0.2, 0.25) is 0 Å². The molecule has 0 radical (unpaired) electrons. The standard InChI is InChI=1S/C35H34F3N5O2/c1-2-31(44)41-14-16-42(17-15-41)34(13-5-7-27(20-34)35(36,37)38)43-32(45)12-10-25-21-40-30-11-9-23(19-28(30)33(25)43)26-18-24-6-3-4-8-29(24)39-22-26/h3-4,6,8-12,18-19,21-22,27H,2,5,7,13-17,20H2,1H3. The van der Waals surface area contributed by atoms with E-state index < -0.39 is 17.8 Å². The van der Waals surface area contributed by atoms with Crippen LogP contribution in [0.3, 0.4) is 0 Å². The summed E-state index contributed by atoms with van der Waals surface area (Å²) in [6.07, 6.45) is 0.0213. The van der Waals surface area contributed by atoms with Crippen molar-refractivity contribution in [3.8, 4) is 11.1 Å². The molecule has 1 saturated carbocycles. The van der Waals surface area contributed by atoms with Crippen molar-refractivity contribution in [2.24, 2.45) is 5.92 Å². The summed E-state index contributed by atoms with van der Waals surface area (Å²) in [5.41, 5.74) is 2.30. The van der Waals surface area contributed by atoms with Crippen LogP contribution in [0, 0.1) is 5.92 Å². The lowest BCUT2D eigenvalue weighted by Crippen LogP contribution is -2.62. The van der Waals surface area contributed by atoms with E-state index >= 15 is 0 Å². The summed E-state index contributed by atoms with van der Waals surface area (Å²) in [6.45, 7) is 3.40. The summed E-state index contributed by atoms with van der Waals surface area (Å²) < 4.78 is 44.9. The first kappa shape index (κ1) is 29.4. The topological polar surface area (TPSA) is 71.3 Å². The molecular formula is C35H34F3N5O2. The third kappa shape index (κ3) is 5.14. The Labute approximate surface area is 258 Å². The van der Waals surface area contributed by atoms with E-state index in [0.29, 0.717) is 67.2 Å². The molecule has 232 valence electrons. The lowest BCUT2D eigenvalue weighted by molar-refractivity contribution is -0.204. The Morgan fingerprint density at radius 1 is 0.911 bits per heavy atom. The number of amides is 1. The molecule has 1 amide bonds. The smallest absolute Gasteiger partial charge is 0.340 e. The van der Waals surface area contributed by atoms with E-state index in [1.165, 1.54) is 6.07 Å². The summed E-state index contributed by atoms with van der Waals surface area (Å²) in [7, 11) is 0. The minimum Gasteiger partial charge on any atom is -0.340 e. The fourth-order valence-corrected chi connectivity index (χ4v) is 7.47. The molecule has 0 N–H and O–H groups in total. The second-order valence-electron chi connectivity index (χ2n) is 12.3. The Balaban J connectivity index is 1.44. The number of hydrogen-bond acceptors (Lipinski definition) is 5. The number of carbonyl (C=O) groups excluding carboxylic acids is 1. The van der Waals surface area contributed by atoms with Gasteiger partial charge in [0, 0.05) is 72.8 Å². The van der Waals surface area contributed by atoms with E-state index in [4.69, 9.17) is 0 Å². The fourth-order valence-electron chi connectivity index (χ4n) is 7.47. The number of alkyl halides is 3. The van der Waals surface area contributed by atoms with Gasteiger partial charge in [0.1, 0.15) is 5.66 Å². The average molecular weight is 614 g/mol. The van der Waals surface area contributed by atoms with E-state index in [0.717, 1.165) is 22.0 Å². The van der Waals surface area contributed by atoms with Crippen LogP contribution < -0.4 is 5.56 Å². The highest BCUT2D eigenvalue weighted by atomic mass is 19.4. The second-order valence-corrected chi connectivity index (χ2v) is 12.3. The van der Waals surface area contributed by atoms with Crippen LogP contribution in [0.1, 0.15) is 39.0 Å². The predicted octanol–water partition coefficient (Wildman–Crippen LogP) is 6.72. The molecule has 7 rings (SSSR count). The number of benzene rings is 2. The number of fused-ring (bicyclic) bond motifs is 4. The van der Waals surface area contributed by atoms with Gasteiger partial charge < -0.3 is 4.90 Å². The molecule has 1 aliphatic carbocycles. The molecule has 2 aromatic carbocycles. The molecule has 4 heterocycles. The molecule has 2 atom stereocenters. The summed E-state index contributed by atoms with van der Waals surface area (Å²) in [5, 5.41) is 2.37. The number of carbonyl (C=O) groups is 1. The maximum absolute atomic E-state index is 14.4. The molecule has 2 unspecified atom stereocenters. The number of nitrogens with zero attached hydrogens (tertiary/aromatic N) is 5. The number of piperazine rings is 1. The van der Waals surface area contributed by atoms with Crippen LogP contribution in [0.25, 0.3) is 43.8 Å². The van der Waals surface area contributed by atoms with Crippen LogP contribution in [0.5, 0.6) is 0 Å². The SMILES string of the molecule is CCC(=O)N1CCN(C2(n3c(=O)ccc4cnc5ccc(-c6cnc7ccccc7c6)cc5c43)CCCC(C(F)(F)F)C2)CC1. The van der Waals surface area contributed by atoms with Gasteiger partial charge in [-0.15, -0.1) is 0 Å². The highest BCUT2D eigenvalue weighted by Gasteiger charge is 2.52. The van der Waals surface area contributed by atoms with Crippen molar-refractivity contribution in [3.05, 3.63) is 83.4 Å². The predicted molar refractivity (Wildman–Crippen MR) is 169 cm³/mol. The number of para-hydroxylation sites is 1. The highest BCUT2D eigenvalue weighted by Crippen LogP contribution is 2.48. The molecule has 2 fully saturated rings. The minimum absolute atomic E-state index is 0.0237. The van der Waals surface area contributed by atoms with E-state index in [2.05, 4.69) is 16.0 Å². The van der Waals surface area contributed by atoms with Crippen molar-refractivity contribution >= 4 is 38.6 Å². The molecule has 1 aliphatic heterocycles. The van der Waals surface area contributed by atoms with Gasteiger partial charge in [-0.25, -0.2) is 0 Å². The van der Waals surface area contributed by atoms with Gasteiger partial charge in [-0.05, 0) is 61.6 Å². The minimum atomic E-state index is -4.39. The van der Waals surface area contributed by atoms with Crippen LogP contribution in [-0.2, 0) is 10.5 Å². The molecule has 10 heteroatoms. The Kier molecular flexibility index (Phi) is 7.35. The fraction of sp³-hybridized carbons (Fsp3) is 0.371. The van der Waals surface area contributed by atoms with Crippen molar-refractivity contribution in [1.82, 2.24) is 24.3 Å². The van der Waals surface area contributed by atoms with Gasteiger partial charge in [-0.3, -0.25) is 29.0 Å². The normalized spacial score (nSPS) is 21.5. The summed E-state index contributed by atoms with van der Waals surface area (Å²) in [4.78, 5) is 39.6. The first-order chi connectivity index (χ1) is 21.7. The first-order valence-corrected chi connectivity index (χ1v) is 15.6.